The number of benzene rings is 2. The molecule has 4 rings (SSSR count). The van der Waals surface area contributed by atoms with Crippen LogP contribution in [-0.2, 0) is 22.0 Å². The lowest BCUT2D eigenvalue weighted by Gasteiger charge is -2.07. The number of aromatic nitrogens is 2. The van der Waals surface area contributed by atoms with Crippen LogP contribution in [-0.4, -0.2) is 18.6 Å². The summed E-state index contributed by atoms with van der Waals surface area (Å²) in [6, 6.07) is 17.3. The summed E-state index contributed by atoms with van der Waals surface area (Å²) in [5.74, 6) is 1.42. The SMILES string of the molecule is CC(C)Cc1ccc(S(=O)(=O)Cc2ccc(-c3nc(-c4ccc(Cl)cc4)no3)o2)cc1. The highest BCUT2D eigenvalue weighted by Crippen LogP contribution is 2.26. The van der Waals surface area contributed by atoms with Gasteiger partial charge in [-0.3, -0.25) is 0 Å². The van der Waals surface area contributed by atoms with Gasteiger partial charge in [0, 0.05) is 10.6 Å². The molecule has 0 saturated heterocycles. The molecule has 0 atom stereocenters. The fourth-order valence-corrected chi connectivity index (χ4v) is 4.56. The van der Waals surface area contributed by atoms with Crippen LogP contribution in [0.15, 0.2) is 74.5 Å². The number of hydrogen-bond donors (Lipinski definition) is 0. The first kappa shape index (κ1) is 21.3. The monoisotopic (exact) mass is 456 g/mol. The Labute approximate surface area is 185 Å². The van der Waals surface area contributed by atoms with E-state index in [1.807, 2.05) is 12.1 Å². The molecule has 0 unspecified atom stereocenters. The van der Waals surface area contributed by atoms with Gasteiger partial charge in [-0.2, -0.15) is 4.98 Å². The minimum Gasteiger partial charge on any atom is -0.455 e. The minimum absolute atomic E-state index is 0.173. The van der Waals surface area contributed by atoms with E-state index in [0.29, 0.717) is 28.3 Å². The molecule has 0 saturated carbocycles. The Morgan fingerprint density at radius 3 is 2.35 bits per heavy atom. The van der Waals surface area contributed by atoms with Crippen LogP contribution in [0, 0.1) is 5.92 Å². The topological polar surface area (TPSA) is 86.2 Å². The van der Waals surface area contributed by atoms with Crippen LogP contribution < -0.4 is 0 Å². The maximum absolute atomic E-state index is 12.8. The molecule has 2 aromatic carbocycles. The third-order valence-electron chi connectivity index (χ3n) is 4.66. The van der Waals surface area contributed by atoms with Crippen molar-refractivity contribution in [3.63, 3.8) is 0 Å². The predicted octanol–water partition coefficient (Wildman–Crippen LogP) is 5.82. The van der Waals surface area contributed by atoms with Crippen molar-refractivity contribution < 1.29 is 17.4 Å². The summed E-state index contributed by atoms with van der Waals surface area (Å²) in [4.78, 5) is 4.58. The molecule has 0 fully saturated rings. The Balaban J connectivity index is 1.49. The van der Waals surface area contributed by atoms with Crippen molar-refractivity contribution in [2.45, 2.75) is 30.9 Å². The standard InChI is InChI=1S/C23H21ClN2O4S/c1-15(2)13-16-3-10-20(11-4-16)31(27,28)14-19-9-12-21(29-19)23-25-22(26-30-23)17-5-7-18(24)8-6-17/h3-12,15H,13-14H2,1-2H3. The molecule has 0 aliphatic rings. The number of sulfone groups is 1. The van der Waals surface area contributed by atoms with Gasteiger partial charge in [0.15, 0.2) is 15.6 Å². The number of rotatable bonds is 7. The first-order chi connectivity index (χ1) is 14.8. The number of furan rings is 1. The fraction of sp³-hybridized carbons (Fsp3) is 0.217. The lowest BCUT2D eigenvalue weighted by atomic mass is 10.0. The molecule has 0 radical (unpaired) electrons. The third kappa shape index (κ3) is 5.06. The van der Waals surface area contributed by atoms with Crippen molar-refractivity contribution in [2.75, 3.05) is 0 Å². The van der Waals surface area contributed by atoms with E-state index in [0.717, 1.165) is 17.5 Å². The van der Waals surface area contributed by atoms with Crippen molar-refractivity contribution >= 4 is 21.4 Å². The Morgan fingerprint density at radius 1 is 0.968 bits per heavy atom. The summed E-state index contributed by atoms with van der Waals surface area (Å²) in [7, 11) is -3.54. The van der Waals surface area contributed by atoms with Crippen LogP contribution in [0.1, 0.15) is 25.2 Å². The van der Waals surface area contributed by atoms with Crippen LogP contribution in [0.3, 0.4) is 0 Å². The van der Waals surface area contributed by atoms with Gasteiger partial charge in [-0.25, -0.2) is 8.42 Å². The summed E-state index contributed by atoms with van der Waals surface area (Å²) in [6.45, 7) is 4.25. The molecule has 0 bridgehead atoms. The van der Waals surface area contributed by atoms with Gasteiger partial charge in [0.25, 0.3) is 5.89 Å². The molecule has 0 amide bonds. The molecule has 0 spiro atoms. The second-order valence-corrected chi connectivity index (χ2v) is 10.1. The van der Waals surface area contributed by atoms with Crippen molar-refractivity contribution in [1.29, 1.82) is 0 Å². The summed E-state index contributed by atoms with van der Waals surface area (Å²) in [5.41, 5.74) is 1.86. The van der Waals surface area contributed by atoms with E-state index < -0.39 is 9.84 Å². The second-order valence-electron chi connectivity index (χ2n) is 7.70. The van der Waals surface area contributed by atoms with Crippen LogP contribution in [0.25, 0.3) is 23.0 Å². The van der Waals surface area contributed by atoms with Crippen molar-refractivity contribution in [3.8, 4) is 23.0 Å². The van der Waals surface area contributed by atoms with Gasteiger partial charge in [-0.05, 0) is 66.4 Å². The zero-order chi connectivity index (χ0) is 22.0. The first-order valence-electron chi connectivity index (χ1n) is 9.80. The van der Waals surface area contributed by atoms with Crippen molar-refractivity contribution in [1.82, 2.24) is 10.1 Å². The van der Waals surface area contributed by atoms with Gasteiger partial charge in [-0.1, -0.05) is 42.7 Å². The zero-order valence-corrected chi connectivity index (χ0v) is 18.7. The lowest BCUT2D eigenvalue weighted by Crippen LogP contribution is -2.04. The number of nitrogens with zero attached hydrogens (tertiary/aromatic N) is 2. The van der Waals surface area contributed by atoms with E-state index in [9.17, 15) is 8.42 Å². The molecule has 0 aliphatic heterocycles. The van der Waals surface area contributed by atoms with Crippen LogP contribution in [0.5, 0.6) is 0 Å². The Kier molecular flexibility index (Phi) is 5.98. The van der Waals surface area contributed by atoms with Crippen molar-refractivity contribution in [3.05, 3.63) is 77.0 Å². The zero-order valence-electron chi connectivity index (χ0n) is 17.1. The summed E-state index contributed by atoms with van der Waals surface area (Å²) < 4.78 is 36.5. The van der Waals surface area contributed by atoms with E-state index in [1.54, 1.807) is 48.5 Å². The predicted molar refractivity (Wildman–Crippen MR) is 118 cm³/mol. The molecule has 0 N–H and O–H groups in total. The Morgan fingerprint density at radius 2 is 1.68 bits per heavy atom. The molecule has 0 aliphatic carbocycles. The van der Waals surface area contributed by atoms with E-state index >= 15 is 0 Å². The first-order valence-corrected chi connectivity index (χ1v) is 11.8. The molecular weight excluding hydrogens is 436 g/mol. The molecule has 2 heterocycles. The summed E-state index contributed by atoms with van der Waals surface area (Å²) in [6.07, 6.45) is 0.907. The minimum atomic E-state index is -3.54. The highest BCUT2D eigenvalue weighted by Gasteiger charge is 2.20. The molecule has 4 aromatic rings. The molecule has 160 valence electrons. The van der Waals surface area contributed by atoms with E-state index in [-0.39, 0.29) is 16.5 Å². The van der Waals surface area contributed by atoms with E-state index in [4.69, 9.17) is 20.5 Å². The van der Waals surface area contributed by atoms with Crippen LogP contribution in [0.2, 0.25) is 5.02 Å². The van der Waals surface area contributed by atoms with Gasteiger partial charge < -0.3 is 8.94 Å². The fourth-order valence-electron chi connectivity index (χ4n) is 3.19. The Hall–Kier alpha value is -2.90. The number of hydrogen-bond acceptors (Lipinski definition) is 6. The molecule has 8 heteroatoms. The largest absolute Gasteiger partial charge is 0.455 e. The summed E-state index contributed by atoms with van der Waals surface area (Å²) in [5, 5.41) is 4.56. The lowest BCUT2D eigenvalue weighted by molar-refractivity contribution is 0.413. The highest BCUT2D eigenvalue weighted by molar-refractivity contribution is 7.90. The van der Waals surface area contributed by atoms with Gasteiger partial charge >= 0.3 is 0 Å². The quantitative estimate of drug-likeness (QED) is 0.348. The van der Waals surface area contributed by atoms with Crippen LogP contribution in [0.4, 0.5) is 0 Å². The molecule has 6 nitrogen and oxygen atoms in total. The average Bonchev–Trinajstić information content (AvgIpc) is 3.38. The van der Waals surface area contributed by atoms with E-state index in [2.05, 4.69) is 24.0 Å². The average molecular weight is 457 g/mol. The van der Waals surface area contributed by atoms with Crippen LogP contribution >= 0.6 is 11.6 Å². The third-order valence-corrected chi connectivity index (χ3v) is 6.57. The van der Waals surface area contributed by atoms with Crippen molar-refractivity contribution in [2.24, 2.45) is 5.92 Å². The van der Waals surface area contributed by atoms with E-state index in [1.165, 1.54) is 0 Å². The van der Waals surface area contributed by atoms with Gasteiger partial charge in [0.05, 0.1) is 4.90 Å². The molecule has 2 aromatic heterocycles. The van der Waals surface area contributed by atoms with Gasteiger partial charge in [0.1, 0.15) is 11.5 Å². The maximum atomic E-state index is 12.8. The highest BCUT2D eigenvalue weighted by atomic mass is 35.5. The van der Waals surface area contributed by atoms with Gasteiger partial charge in [0.2, 0.25) is 5.82 Å². The number of halogens is 1. The molecular formula is C23H21ClN2O4S. The maximum Gasteiger partial charge on any atom is 0.293 e. The van der Waals surface area contributed by atoms with Gasteiger partial charge in [-0.15, -0.1) is 0 Å². The second kappa shape index (κ2) is 8.69. The Bertz CT molecular complexity index is 1270. The smallest absolute Gasteiger partial charge is 0.293 e. The molecule has 31 heavy (non-hydrogen) atoms. The normalized spacial score (nSPS) is 11.9. The summed E-state index contributed by atoms with van der Waals surface area (Å²) >= 11 is 5.90.